The van der Waals surface area contributed by atoms with Gasteiger partial charge in [-0.1, -0.05) is 42.4 Å². The molecule has 0 bridgehead atoms. The molecule has 0 spiro atoms. The van der Waals surface area contributed by atoms with Crippen molar-refractivity contribution in [2.24, 2.45) is 0 Å². The highest BCUT2D eigenvalue weighted by atomic mass is 32.2. The molecule has 0 radical (unpaired) electrons. The third-order valence-corrected chi connectivity index (χ3v) is 5.01. The summed E-state index contributed by atoms with van der Waals surface area (Å²) in [4.78, 5) is 16.1. The van der Waals surface area contributed by atoms with Crippen LogP contribution in [0.2, 0.25) is 0 Å². The van der Waals surface area contributed by atoms with E-state index in [1.165, 1.54) is 4.57 Å². The molecule has 2 atom stereocenters. The first-order chi connectivity index (χ1) is 11.6. The monoisotopic (exact) mass is 347 g/mol. The summed E-state index contributed by atoms with van der Waals surface area (Å²) >= 11 is 0. The summed E-state index contributed by atoms with van der Waals surface area (Å²) < 4.78 is 19.4. The molecule has 8 nitrogen and oxygen atoms in total. The van der Waals surface area contributed by atoms with Gasteiger partial charge in [0.15, 0.2) is 0 Å². The minimum Gasteiger partial charge on any atom is -0.338 e. The zero-order chi connectivity index (χ0) is 17.1. The number of nitrogens with one attached hydrogen (secondary N) is 1. The quantitative estimate of drug-likeness (QED) is 0.730. The van der Waals surface area contributed by atoms with E-state index >= 15 is 0 Å². The first kappa shape index (κ1) is 16.3. The largest absolute Gasteiger partial charge is 0.344 e. The van der Waals surface area contributed by atoms with E-state index in [2.05, 4.69) is 20.3 Å². The molecule has 0 aliphatic carbocycles. The number of aromatic amines is 1. The van der Waals surface area contributed by atoms with Crippen molar-refractivity contribution in [3.8, 4) is 11.4 Å². The molecular weight excluding hydrogens is 330 g/mol. The maximum Gasteiger partial charge on any atom is 0.344 e. The van der Waals surface area contributed by atoms with E-state index in [0.29, 0.717) is 12.4 Å². The van der Waals surface area contributed by atoms with Gasteiger partial charge >= 0.3 is 5.69 Å². The molecule has 24 heavy (non-hydrogen) atoms. The number of aromatic nitrogens is 5. The van der Waals surface area contributed by atoms with Crippen LogP contribution in [0.5, 0.6) is 0 Å². The zero-order valence-electron chi connectivity index (χ0n) is 13.3. The fraction of sp³-hybridized carbons (Fsp3) is 0.333. The summed E-state index contributed by atoms with van der Waals surface area (Å²) in [5, 5.41) is 9.76. The minimum atomic E-state index is -1.59. The Morgan fingerprint density at radius 1 is 1.33 bits per heavy atom. The number of hydrogen-bond donors (Lipinski definition) is 1. The maximum absolute atomic E-state index is 12.7. The van der Waals surface area contributed by atoms with Crippen LogP contribution in [0.15, 0.2) is 44.8 Å². The molecule has 0 aliphatic rings. The van der Waals surface area contributed by atoms with Gasteiger partial charge in [-0.15, -0.1) is 5.10 Å². The van der Waals surface area contributed by atoms with E-state index < -0.39 is 16.0 Å². The average molecular weight is 347 g/mol. The highest BCUT2D eigenvalue weighted by molar-refractivity contribution is 7.85. The first-order valence-corrected chi connectivity index (χ1v) is 8.78. The van der Waals surface area contributed by atoms with Crippen LogP contribution in [0.25, 0.3) is 11.4 Å². The molecule has 2 heterocycles. The van der Waals surface area contributed by atoms with Crippen LogP contribution in [0.1, 0.15) is 31.4 Å². The zero-order valence-corrected chi connectivity index (χ0v) is 14.1. The highest BCUT2D eigenvalue weighted by Gasteiger charge is 2.26. The van der Waals surface area contributed by atoms with E-state index in [4.69, 9.17) is 4.52 Å². The molecule has 9 heteroatoms. The second-order valence-corrected chi connectivity index (χ2v) is 6.89. The Kier molecular flexibility index (Phi) is 4.70. The molecule has 0 aliphatic heterocycles. The minimum absolute atomic E-state index is 0.189. The summed E-state index contributed by atoms with van der Waals surface area (Å²) in [7, 11) is -1.59. The molecule has 126 valence electrons. The van der Waals surface area contributed by atoms with E-state index in [9.17, 15) is 9.00 Å². The molecule has 0 saturated carbocycles. The topological polar surface area (TPSA) is 107 Å². The third kappa shape index (κ3) is 3.07. The van der Waals surface area contributed by atoms with Gasteiger partial charge in [-0.05, 0) is 13.3 Å². The number of benzene rings is 1. The summed E-state index contributed by atoms with van der Waals surface area (Å²) in [6.45, 7) is 4.08. The van der Waals surface area contributed by atoms with Crippen molar-refractivity contribution < 1.29 is 8.73 Å². The van der Waals surface area contributed by atoms with Gasteiger partial charge in [0.1, 0.15) is 16.0 Å². The Morgan fingerprint density at radius 3 is 2.79 bits per heavy atom. The number of H-pyrrole nitrogens is 1. The Labute approximate surface area is 140 Å². The second-order valence-electron chi connectivity index (χ2n) is 5.22. The van der Waals surface area contributed by atoms with Gasteiger partial charge in [0.2, 0.25) is 16.9 Å². The van der Waals surface area contributed by atoms with Crippen LogP contribution in [0, 0.1) is 0 Å². The molecule has 3 rings (SSSR count). The van der Waals surface area contributed by atoms with Gasteiger partial charge in [0.05, 0.1) is 0 Å². The van der Waals surface area contributed by atoms with Crippen LogP contribution in [-0.2, 0) is 17.3 Å². The van der Waals surface area contributed by atoms with Crippen molar-refractivity contribution in [3.05, 3.63) is 46.7 Å². The molecule has 3 aromatic rings. The fourth-order valence-corrected chi connectivity index (χ4v) is 3.35. The smallest absolute Gasteiger partial charge is 0.338 e. The van der Waals surface area contributed by atoms with Crippen molar-refractivity contribution in [1.29, 1.82) is 0 Å². The van der Waals surface area contributed by atoms with E-state index in [1.807, 2.05) is 37.3 Å². The Hall–Kier alpha value is -2.55. The van der Waals surface area contributed by atoms with Gasteiger partial charge < -0.3 is 4.52 Å². The molecule has 2 aromatic heterocycles. The molecule has 1 aromatic carbocycles. The second kappa shape index (κ2) is 6.91. The number of hydrogen-bond acceptors (Lipinski definition) is 6. The predicted octanol–water partition coefficient (Wildman–Crippen LogP) is 1.90. The lowest BCUT2D eigenvalue weighted by Crippen LogP contribution is -2.20. The molecule has 0 amide bonds. The van der Waals surface area contributed by atoms with Gasteiger partial charge in [0, 0.05) is 12.1 Å². The molecular formula is C15H17N5O3S. The molecule has 0 fully saturated rings. The van der Waals surface area contributed by atoms with Crippen LogP contribution >= 0.6 is 0 Å². The maximum atomic E-state index is 12.7. The normalized spacial score (nSPS) is 13.8. The van der Waals surface area contributed by atoms with Crippen molar-refractivity contribution in [1.82, 2.24) is 24.9 Å². The lowest BCUT2D eigenvalue weighted by molar-refractivity contribution is 0.379. The lowest BCUT2D eigenvalue weighted by Gasteiger charge is -2.07. The van der Waals surface area contributed by atoms with Crippen LogP contribution < -0.4 is 5.69 Å². The third-order valence-electron chi connectivity index (χ3n) is 3.49. The van der Waals surface area contributed by atoms with Crippen LogP contribution in [0.3, 0.4) is 0 Å². The van der Waals surface area contributed by atoms with E-state index in [0.717, 1.165) is 12.0 Å². The van der Waals surface area contributed by atoms with Crippen LogP contribution in [0.4, 0.5) is 0 Å². The standard InChI is InChI=1S/C15H17N5O3S/c1-3-9-20-14(21)17-18-15(20)24(22)10(2)13-16-12(19-23-13)11-7-5-4-6-8-11/h4-8,10H,3,9H2,1-2H3,(H,17,21)/t10-,24-/m0/s1. The summed E-state index contributed by atoms with van der Waals surface area (Å²) in [5.74, 6) is 0.674. The summed E-state index contributed by atoms with van der Waals surface area (Å²) in [6.07, 6.45) is 0.733. The first-order valence-electron chi connectivity index (χ1n) is 7.56. The van der Waals surface area contributed by atoms with Gasteiger partial charge in [-0.25, -0.2) is 9.89 Å². The van der Waals surface area contributed by atoms with Crippen molar-refractivity contribution >= 4 is 10.8 Å². The molecule has 0 unspecified atom stereocenters. The molecule has 1 N–H and O–H groups in total. The summed E-state index contributed by atoms with van der Waals surface area (Å²) in [5.41, 5.74) is 0.441. The van der Waals surface area contributed by atoms with E-state index in [1.54, 1.807) is 6.92 Å². The number of nitrogens with zero attached hydrogens (tertiary/aromatic N) is 4. The van der Waals surface area contributed by atoms with Crippen molar-refractivity contribution in [2.75, 3.05) is 0 Å². The lowest BCUT2D eigenvalue weighted by atomic mass is 10.2. The van der Waals surface area contributed by atoms with Crippen LogP contribution in [-0.4, -0.2) is 29.1 Å². The SMILES string of the molecule is CCCn1c([S@@](=O)[C@@H](C)c2nc(-c3ccccc3)no2)n[nH]c1=O. The van der Waals surface area contributed by atoms with E-state index in [-0.39, 0.29) is 16.7 Å². The van der Waals surface area contributed by atoms with Gasteiger partial charge in [-0.3, -0.25) is 8.78 Å². The Morgan fingerprint density at radius 2 is 2.08 bits per heavy atom. The average Bonchev–Trinajstić information content (AvgIpc) is 3.23. The Bertz CT molecular complexity index is 899. The predicted molar refractivity (Wildman–Crippen MR) is 87.7 cm³/mol. The number of rotatable bonds is 6. The highest BCUT2D eigenvalue weighted by Crippen LogP contribution is 2.24. The fourth-order valence-electron chi connectivity index (χ4n) is 2.23. The van der Waals surface area contributed by atoms with Gasteiger partial charge in [0.25, 0.3) is 0 Å². The molecule has 0 saturated heterocycles. The summed E-state index contributed by atoms with van der Waals surface area (Å²) in [6, 6.07) is 9.37. The van der Waals surface area contributed by atoms with Crippen molar-refractivity contribution in [3.63, 3.8) is 0 Å². The Balaban J connectivity index is 1.87. The van der Waals surface area contributed by atoms with Crippen molar-refractivity contribution in [2.45, 2.75) is 37.2 Å². The van der Waals surface area contributed by atoms with Gasteiger partial charge in [-0.2, -0.15) is 4.98 Å².